The molecule has 2 aliphatic rings. The van der Waals surface area contributed by atoms with E-state index in [0.29, 0.717) is 11.3 Å². The van der Waals surface area contributed by atoms with Crippen LogP contribution in [0.15, 0.2) is 47.1 Å². The molecule has 0 aliphatic heterocycles. The first-order chi connectivity index (χ1) is 8.42. The van der Waals surface area contributed by atoms with E-state index in [1.54, 1.807) is 5.57 Å². The molecule has 0 bridgehead atoms. The van der Waals surface area contributed by atoms with Crippen molar-refractivity contribution in [2.45, 2.75) is 53.4 Å². The van der Waals surface area contributed by atoms with E-state index in [1.165, 1.54) is 42.4 Å². The third kappa shape index (κ3) is 2.53. The number of rotatable bonds is 2. The summed E-state index contributed by atoms with van der Waals surface area (Å²) < 4.78 is 0. The molecule has 0 N–H and O–H groups in total. The highest BCUT2D eigenvalue weighted by molar-refractivity contribution is 5.38. The Hall–Kier alpha value is -1.04. The zero-order valence-corrected chi connectivity index (χ0v) is 12.3. The van der Waals surface area contributed by atoms with Crippen molar-refractivity contribution in [3.8, 4) is 0 Å². The average Bonchev–Trinajstić information content (AvgIpc) is 2.29. The normalized spacial score (nSPS) is 27.1. The molecule has 0 fully saturated rings. The first-order valence-corrected chi connectivity index (χ1v) is 7.14. The van der Waals surface area contributed by atoms with E-state index in [0.717, 1.165) is 0 Å². The molecule has 0 amide bonds. The van der Waals surface area contributed by atoms with Crippen molar-refractivity contribution in [2.75, 3.05) is 0 Å². The minimum atomic E-state index is 0.390. The summed E-state index contributed by atoms with van der Waals surface area (Å²) in [7, 11) is 0. The molecule has 0 nitrogen and oxygen atoms in total. The van der Waals surface area contributed by atoms with Crippen molar-refractivity contribution in [1.82, 2.24) is 0 Å². The highest BCUT2D eigenvalue weighted by atomic mass is 14.4. The van der Waals surface area contributed by atoms with Crippen LogP contribution in [-0.2, 0) is 0 Å². The van der Waals surface area contributed by atoms with Crippen LogP contribution < -0.4 is 0 Å². The topological polar surface area (TPSA) is 0 Å². The molecule has 2 aliphatic carbocycles. The van der Waals surface area contributed by atoms with E-state index in [-0.39, 0.29) is 0 Å². The van der Waals surface area contributed by atoms with Gasteiger partial charge in [0.15, 0.2) is 0 Å². The van der Waals surface area contributed by atoms with Gasteiger partial charge in [0.05, 0.1) is 0 Å². The lowest BCUT2D eigenvalue weighted by atomic mass is 9.65. The van der Waals surface area contributed by atoms with Gasteiger partial charge in [0.1, 0.15) is 0 Å². The van der Waals surface area contributed by atoms with Crippen molar-refractivity contribution in [2.24, 2.45) is 11.3 Å². The van der Waals surface area contributed by atoms with Crippen molar-refractivity contribution in [3.05, 3.63) is 47.1 Å². The van der Waals surface area contributed by atoms with Gasteiger partial charge in [-0.2, -0.15) is 0 Å². The fourth-order valence-corrected chi connectivity index (χ4v) is 3.25. The van der Waals surface area contributed by atoms with Crippen LogP contribution >= 0.6 is 0 Å². The second kappa shape index (κ2) is 4.91. The van der Waals surface area contributed by atoms with Crippen LogP contribution in [0.4, 0.5) is 0 Å². The minimum Gasteiger partial charge on any atom is -0.0958 e. The van der Waals surface area contributed by atoms with Gasteiger partial charge in [0, 0.05) is 5.92 Å². The van der Waals surface area contributed by atoms with Crippen LogP contribution in [0.2, 0.25) is 0 Å². The summed E-state index contributed by atoms with van der Waals surface area (Å²) in [5.41, 5.74) is 6.26. The Morgan fingerprint density at radius 2 is 2.06 bits per heavy atom. The van der Waals surface area contributed by atoms with E-state index >= 15 is 0 Å². The van der Waals surface area contributed by atoms with Gasteiger partial charge in [-0.05, 0) is 50.5 Å². The molecule has 1 atom stereocenters. The third-order valence-corrected chi connectivity index (χ3v) is 4.63. The lowest BCUT2D eigenvalue weighted by Gasteiger charge is -2.40. The van der Waals surface area contributed by atoms with Crippen LogP contribution in [0.3, 0.4) is 0 Å². The largest absolute Gasteiger partial charge is 0.0958 e. The third-order valence-electron chi connectivity index (χ3n) is 4.63. The zero-order valence-electron chi connectivity index (χ0n) is 12.3. The van der Waals surface area contributed by atoms with Gasteiger partial charge >= 0.3 is 0 Å². The highest BCUT2D eigenvalue weighted by Gasteiger charge is 2.34. The lowest BCUT2D eigenvalue weighted by Crippen LogP contribution is -2.29. The van der Waals surface area contributed by atoms with Crippen LogP contribution in [0.25, 0.3) is 0 Å². The first kappa shape index (κ1) is 13.4. The molecule has 0 saturated carbocycles. The number of allylic oxidation sites excluding steroid dienone is 7. The van der Waals surface area contributed by atoms with E-state index in [9.17, 15) is 0 Å². The smallest absolute Gasteiger partial charge is 0.00398 e. The summed E-state index contributed by atoms with van der Waals surface area (Å²) in [5, 5.41) is 0. The Kier molecular flexibility index (Phi) is 3.66. The second-order valence-electron chi connectivity index (χ2n) is 6.59. The maximum atomic E-state index is 4.13. The zero-order chi connectivity index (χ0) is 13.3. The standard InChI is InChI=1S/C18H26/c1-13(2)15-10-11-18(4,5)17(12-15)16-9-7-6-8-14(16)3/h6,8,12,17H,1,7,9-11H2,2-5H3. The predicted octanol–water partition coefficient (Wildman–Crippen LogP) is 5.59. The summed E-state index contributed by atoms with van der Waals surface area (Å²) >= 11 is 0. The molecule has 0 heterocycles. The summed E-state index contributed by atoms with van der Waals surface area (Å²) in [6, 6.07) is 0. The maximum absolute atomic E-state index is 4.13. The molecule has 18 heavy (non-hydrogen) atoms. The molecule has 0 spiro atoms. The van der Waals surface area contributed by atoms with Crippen molar-refractivity contribution in [1.29, 1.82) is 0 Å². The Morgan fingerprint density at radius 3 is 2.67 bits per heavy atom. The average molecular weight is 242 g/mol. The molecule has 0 aromatic carbocycles. The molecule has 0 aromatic heterocycles. The van der Waals surface area contributed by atoms with E-state index in [1.807, 2.05) is 0 Å². The van der Waals surface area contributed by atoms with Crippen LogP contribution in [-0.4, -0.2) is 0 Å². The summed E-state index contributed by atoms with van der Waals surface area (Å²) in [4.78, 5) is 0. The Balaban J connectivity index is 2.41. The molecule has 1 unspecified atom stereocenters. The fourth-order valence-electron chi connectivity index (χ4n) is 3.25. The van der Waals surface area contributed by atoms with Crippen LogP contribution in [0.1, 0.15) is 53.4 Å². The summed E-state index contributed by atoms with van der Waals surface area (Å²) in [6.45, 7) is 13.4. The van der Waals surface area contributed by atoms with E-state index in [4.69, 9.17) is 0 Å². The van der Waals surface area contributed by atoms with Crippen LogP contribution in [0, 0.1) is 11.3 Å². The number of hydrogen-bond acceptors (Lipinski definition) is 0. The fraction of sp³-hybridized carbons (Fsp3) is 0.556. The van der Waals surface area contributed by atoms with E-state index < -0.39 is 0 Å². The predicted molar refractivity (Wildman–Crippen MR) is 80.5 cm³/mol. The monoisotopic (exact) mass is 242 g/mol. The SMILES string of the molecule is C=C(C)C1=CC(C2=C(C)C=CCC2)C(C)(C)CC1. The Bertz CT molecular complexity index is 441. The molecular formula is C18H26. The van der Waals surface area contributed by atoms with Gasteiger partial charge < -0.3 is 0 Å². The van der Waals surface area contributed by atoms with Gasteiger partial charge in [0.2, 0.25) is 0 Å². The van der Waals surface area contributed by atoms with Crippen LogP contribution in [0.5, 0.6) is 0 Å². The molecule has 0 saturated heterocycles. The number of hydrogen-bond donors (Lipinski definition) is 0. The van der Waals surface area contributed by atoms with Crippen molar-refractivity contribution < 1.29 is 0 Å². The molecule has 0 aromatic rings. The van der Waals surface area contributed by atoms with Gasteiger partial charge in [-0.3, -0.25) is 0 Å². The molecular weight excluding hydrogens is 216 g/mol. The molecule has 98 valence electrons. The molecule has 0 radical (unpaired) electrons. The van der Waals surface area contributed by atoms with Gasteiger partial charge in [-0.1, -0.05) is 55.4 Å². The maximum Gasteiger partial charge on any atom is 0.00398 e. The van der Waals surface area contributed by atoms with Gasteiger partial charge in [-0.15, -0.1) is 0 Å². The first-order valence-electron chi connectivity index (χ1n) is 7.14. The molecule has 2 rings (SSSR count). The molecule has 0 heteroatoms. The quantitative estimate of drug-likeness (QED) is 0.592. The van der Waals surface area contributed by atoms with Crippen molar-refractivity contribution in [3.63, 3.8) is 0 Å². The summed E-state index contributed by atoms with van der Waals surface area (Å²) in [6.07, 6.45) is 12.0. The Morgan fingerprint density at radius 1 is 1.33 bits per heavy atom. The van der Waals surface area contributed by atoms with Gasteiger partial charge in [0.25, 0.3) is 0 Å². The van der Waals surface area contributed by atoms with Gasteiger partial charge in [-0.25, -0.2) is 0 Å². The summed E-state index contributed by atoms with van der Waals surface area (Å²) in [5.74, 6) is 0.600. The van der Waals surface area contributed by atoms with E-state index in [2.05, 4.69) is 52.5 Å². The lowest BCUT2D eigenvalue weighted by molar-refractivity contribution is 0.248. The highest BCUT2D eigenvalue weighted by Crippen LogP contribution is 2.46. The Labute approximate surface area is 112 Å². The van der Waals surface area contributed by atoms with Crippen molar-refractivity contribution >= 4 is 0 Å². The second-order valence-corrected chi connectivity index (χ2v) is 6.59. The minimum absolute atomic E-state index is 0.390.